The standard InChI is InChI=1S/C17H27N3.HI/c1-4-18-17(19-11-13(2)3)20-12-14-8-9-15-6-5-7-16(15)10-14;/h8-10,13H,4-7,11-12H2,1-3H3,(H2,18,19,20);1H. The van der Waals surface area contributed by atoms with Gasteiger partial charge in [-0.15, -0.1) is 24.0 Å². The molecule has 0 spiro atoms. The van der Waals surface area contributed by atoms with E-state index in [0.717, 1.165) is 25.6 Å². The number of nitrogens with one attached hydrogen (secondary N) is 2. The van der Waals surface area contributed by atoms with Crippen LogP contribution in [0.4, 0.5) is 0 Å². The summed E-state index contributed by atoms with van der Waals surface area (Å²) < 4.78 is 0. The van der Waals surface area contributed by atoms with Crippen LogP contribution in [-0.4, -0.2) is 19.0 Å². The molecular formula is C17H28IN3. The summed E-state index contributed by atoms with van der Waals surface area (Å²) in [6, 6.07) is 6.83. The normalized spacial score (nSPS) is 13.8. The number of benzene rings is 1. The maximum absolute atomic E-state index is 4.68. The summed E-state index contributed by atoms with van der Waals surface area (Å²) in [5.41, 5.74) is 4.37. The quantitative estimate of drug-likeness (QED) is 0.450. The van der Waals surface area contributed by atoms with E-state index in [0.29, 0.717) is 5.92 Å². The Hall–Kier alpha value is -0.780. The third-order valence-electron chi connectivity index (χ3n) is 3.60. The maximum atomic E-state index is 4.68. The zero-order valence-corrected chi connectivity index (χ0v) is 15.7. The lowest BCUT2D eigenvalue weighted by atomic mass is 10.1. The van der Waals surface area contributed by atoms with Crippen molar-refractivity contribution in [3.63, 3.8) is 0 Å². The van der Waals surface area contributed by atoms with Gasteiger partial charge in [0.1, 0.15) is 0 Å². The van der Waals surface area contributed by atoms with Gasteiger partial charge in [-0.05, 0) is 48.8 Å². The summed E-state index contributed by atoms with van der Waals surface area (Å²) in [6.07, 6.45) is 3.79. The second kappa shape index (κ2) is 9.28. The van der Waals surface area contributed by atoms with Crippen LogP contribution in [0, 0.1) is 5.92 Å². The van der Waals surface area contributed by atoms with Crippen LogP contribution in [0.1, 0.15) is 43.9 Å². The van der Waals surface area contributed by atoms with Crippen molar-refractivity contribution in [1.82, 2.24) is 10.6 Å². The predicted molar refractivity (Wildman–Crippen MR) is 102 cm³/mol. The van der Waals surface area contributed by atoms with Crippen LogP contribution >= 0.6 is 24.0 Å². The largest absolute Gasteiger partial charge is 0.357 e. The van der Waals surface area contributed by atoms with E-state index in [1.54, 1.807) is 0 Å². The van der Waals surface area contributed by atoms with E-state index in [-0.39, 0.29) is 24.0 Å². The molecule has 0 saturated heterocycles. The topological polar surface area (TPSA) is 36.4 Å². The van der Waals surface area contributed by atoms with Crippen molar-refractivity contribution in [2.75, 3.05) is 13.1 Å². The molecule has 0 fully saturated rings. The number of hydrogen-bond donors (Lipinski definition) is 2. The molecule has 4 heteroatoms. The first kappa shape index (κ1) is 18.3. The molecule has 0 heterocycles. The van der Waals surface area contributed by atoms with Gasteiger partial charge in [0.05, 0.1) is 6.54 Å². The monoisotopic (exact) mass is 401 g/mol. The van der Waals surface area contributed by atoms with Crippen molar-refractivity contribution in [2.45, 2.75) is 46.6 Å². The van der Waals surface area contributed by atoms with E-state index >= 15 is 0 Å². The molecule has 0 unspecified atom stereocenters. The average molecular weight is 401 g/mol. The van der Waals surface area contributed by atoms with Crippen molar-refractivity contribution >= 4 is 29.9 Å². The molecule has 1 aliphatic carbocycles. The number of hydrogen-bond acceptors (Lipinski definition) is 1. The van der Waals surface area contributed by atoms with Crippen molar-refractivity contribution in [3.05, 3.63) is 34.9 Å². The molecule has 0 atom stereocenters. The van der Waals surface area contributed by atoms with Crippen molar-refractivity contribution in [3.8, 4) is 0 Å². The highest BCUT2D eigenvalue weighted by Gasteiger charge is 2.10. The molecule has 0 radical (unpaired) electrons. The molecule has 0 aliphatic heterocycles. The second-order valence-electron chi connectivity index (χ2n) is 5.93. The highest BCUT2D eigenvalue weighted by atomic mass is 127. The van der Waals surface area contributed by atoms with Crippen LogP contribution in [0.25, 0.3) is 0 Å². The van der Waals surface area contributed by atoms with Gasteiger partial charge in [0, 0.05) is 13.1 Å². The molecule has 1 aromatic rings. The minimum atomic E-state index is 0. The third kappa shape index (κ3) is 5.85. The van der Waals surface area contributed by atoms with Crippen LogP contribution in [0.15, 0.2) is 23.2 Å². The number of fused-ring (bicyclic) bond motifs is 1. The van der Waals surface area contributed by atoms with Gasteiger partial charge in [0.25, 0.3) is 0 Å². The molecule has 2 N–H and O–H groups in total. The van der Waals surface area contributed by atoms with Gasteiger partial charge in [-0.25, -0.2) is 4.99 Å². The number of guanidine groups is 1. The second-order valence-corrected chi connectivity index (χ2v) is 5.93. The summed E-state index contributed by atoms with van der Waals surface area (Å²) in [6.45, 7) is 9.11. The zero-order chi connectivity index (χ0) is 14.4. The van der Waals surface area contributed by atoms with Gasteiger partial charge in [0.2, 0.25) is 0 Å². The molecule has 21 heavy (non-hydrogen) atoms. The fraction of sp³-hybridized carbons (Fsp3) is 0.588. The van der Waals surface area contributed by atoms with E-state index in [2.05, 4.69) is 54.6 Å². The Morgan fingerprint density at radius 2 is 1.95 bits per heavy atom. The lowest BCUT2D eigenvalue weighted by Crippen LogP contribution is -2.39. The Morgan fingerprint density at radius 1 is 1.19 bits per heavy atom. The van der Waals surface area contributed by atoms with Gasteiger partial charge < -0.3 is 10.6 Å². The number of aliphatic imine (C=N–C) groups is 1. The van der Waals surface area contributed by atoms with Crippen molar-refractivity contribution < 1.29 is 0 Å². The number of rotatable bonds is 5. The van der Waals surface area contributed by atoms with Crippen molar-refractivity contribution in [2.24, 2.45) is 10.9 Å². The molecule has 1 aromatic carbocycles. The van der Waals surface area contributed by atoms with E-state index < -0.39 is 0 Å². The molecule has 0 bridgehead atoms. The highest BCUT2D eigenvalue weighted by Crippen LogP contribution is 2.23. The van der Waals surface area contributed by atoms with Gasteiger partial charge >= 0.3 is 0 Å². The van der Waals surface area contributed by atoms with Gasteiger partial charge in [-0.2, -0.15) is 0 Å². The van der Waals surface area contributed by atoms with Crippen LogP contribution in [-0.2, 0) is 19.4 Å². The average Bonchev–Trinajstić information content (AvgIpc) is 2.89. The summed E-state index contributed by atoms with van der Waals surface area (Å²) in [7, 11) is 0. The van der Waals surface area contributed by atoms with E-state index in [1.165, 1.54) is 36.0 Å². The lowest BCUT2D eigenvalue weighted by molar-refractivity contribution is 0.615. The Bertz CT molecular complexity index is 469. The van der Waals surface area contributed by atoms with Crippen LogP contribution < -0.4 is 10.6 Å². The van der Waals surface area contributed by atoms with Crippen LogP contribution in [0.5, 0.6) is 0 Å². The lowest BCUT2D eigenvalue weighted by Gasteiger charge is -2.13. The van der Waals surface area contributed by atoms with Gasteiger partial charge in [0.15, 0.2) is 5.96 Å². The Balaban J connectivity index is 0.00000220. The van der Waals surface area contributed by atoms with Gasteiger partial charge in [-0.3, -0.25) is 0 Å². The summed E-state index contributed by atoms with van der Waals surface area (Å²) in [4.78, 5) is 4.68. The first-order chi connectivity index (χ1) is 9.69. The molecule has 1 aliphatic rings. The van der Waals surface area contributed by atoms with Gasteiger partial charge in [-0.1, -0.05) is 32.0 Å². The molecule has 118 valence electrons. The number of aryl methyl sites for hydroxylation is 2. The van der Waals surface area contributed by atoms with Crippen LogP contribution in [0.3, 0.4) is 0 Å². The highest BCUT2D eigenvalue weighted by molar-refractivity contribution is 14.0. The number of halogens is 1. The molecule has 0 saturated carbocycles. The summed E-state index contributed by atoms with van der Waals surface area (Å²) >= 11 is 0. The molecule has 3 nitrogen and oxygen atoms in total. The van der Waals surface area contributed by atoms with E-state index in [1.807, 2.05) is 0 Å². The summed E-state index contributed by atoms with van der Waals surface area (Å²) in [5.74, 6) is 1.54. The Labute approximate surface area is 146 Å². The summed E-state index contributed by atoms with van der Waals surface area (Å²) in [5, 5.41) is 6.68. The molecule has 2 rings (SSSR count). The third-order valence-corrected chi connectivity index (χ3v) is 3.60. The Morgan fingerprint density at radius 3 is 2.67 bits per heavy atom. The predicted octanol–water partition coefficient (Wildman–Crippen LogP) is 3.50. The molecular weight excluding hydrogens is 373 g/mol. The fourth-order valence-electron chi connectivity index (χ4n) is 2.54. The number of nitrogens with zero attached hydrogens (tertiary/aromatic N) is 1. The first-order valence-corrected chi connectivity index (χ1v) is 7.82. The fourth-order valence-corrected chi connectivity index (χ4v) is 2.54. The van der Waals surface area contributed by atoms with Crippen molar-refractivity contribution in [1.29, 1.82) is 0 Å². The molecule has 0 aromatic heterocycles. The maximum Gasteiger partial charge on any atom is 0.191 e. The zero-order valence-electron chi connectivity index (χ0n) is 13.4. The van der Waals surface area contributed by atoms with Crippen LogP contribution in [0.2, 0.25) is 0 Å². The smallest absolute Gasteiger partial charge is 0.191 e. The molecule has 0 amide bonds. The van der Waals surface area contributed by atoms with E-state index in [4.69, 9.17) is 0 Å². The minimum Gasteiger partial charge on any atom is -0.357 e. The first-order valence-electron chi connectivity index (χ1n) is 7.82. The minimum absolute atomic E-state index is 0. The SMILES string of the molecule is CCNC(=NCc1ccc2c(c1)CCC2)NCC(C)C.I. The Kier molecular flexibility index (Phi) is 8.07. The van der Waals surface area contributed by atoms with E-state index in [9.17, 15) is 0 Å².